The van der Waals surface area contributed by atoms with Crippen molar-refractivity contribution in [3.05, 3.63) is 86.7 Å². The summed E-state index contributed by atoms with van der Waals surface area (Å²) in [6.07, 6.45) is 2.76. The third-order valence-electron chi connectivity index (χ3n) is 4.30. The molecule has 3 rings (SSSR count). The van der Waals surface area contributed by atoms with Gasteiger partial charge >= 0.3 is 5.97 Å². The molecule has 0 fully saturated rings. The summed E-state index contributed by atoms with van der Waals surface area (Å²) in [7, 11) is 0. The number of carbonyl (C=O) groups is 3. The van der Waals surface area contributed by atoms with E-state index in [4.69, 9.17) is 34.8 Å². The van der Waals surface area contributed by atoms with Crippen LogP contribution in [0.1, 0.15) is 26.3 Å². The Balaban J connectivity index is 1.68. The van der Waals surface area contributed by atoms with Crippen LogP contribution in [-0.2, 0) is 11.2 Å². The van der Waals surface area contributed by atoms with Crippen LogP contribution in [-0.4, -0.2) is 38.9 Å². The Bertz CT molecular complexity index is 1150. The number of anilines is 1. The fraction of sp³-hybridized carbons (Fsp3) is 0.0952. The summed E-state index contributed by atoms with van der Waals surface area (Å²) >= 11 is 17.9. The highest BCUT2D eigenvalue weighted by molar-refractivity contribution is 6.40. The molecule has 0 aliphatic carbocycles. The number of nitrogens with zero attached hydrogens (tertiary/aromatic N) is 2. The molecule has 2 aromatic heterocycles. The van der Waals surface area contributed by atoms with E-state index in [1.54, 1.807) is 12.1 Å². The molecule has 0 aliphatic rings. The predicted molar refractivity (Wildman–Crippen MR) is 120 cm³/mol. The minimum atomic E-state index is -1.23. The fourth-order valence-electron chi connectivity index (χ4n) is 2.74. The lowest BCUT2D eigenvalue weighted by atomic mass is 10.1. The smallest absolute Gasteiger partial charge is 0.326 e. The Hall–Kier alpha value is -3.20. The van der Waals surface area contributed by atoms with Crippen molar-refractivity contribution < 1.29 is 19.5 Å². The normalized spacial score (nSPS) is 11.5. The van der Waals surface area contributed by atoms with Gasteiger partial charge in [-0.25, -0.2) is 14.8 Å². The van der Waals surface area contributed by atoms with Gasteiger partial charge in [0.2, 0.25) is 0 Å². The monoisotopic (exact) mass is 492 g/mol. The highest BCUT2D eigenvalue weighted by Gasteiger charge is 2.23. The molecule has 0 spiro atoms. The first-order valence-electron chi connectivity index (χ1n) is 9.10. The van der Waals surface area contributed by atoms with Crippen LogP contribution >= 0.6 is 34.8 Å². The number of nitrogens with one attached hydrogen (secondary N) is 2. The number of aliphatic carboxylic acids is 1. The van der Waals surface area contributed by atoms with Crippen molar-refractivity contribution in [2.45, 2.75) is 12.5 Å². The molecular formula is C21H15Cl3N4O4. The van der Waals surface area contributed by atoms with Crippen molar-refractivity contribution >= 4 is 58.4 Å². The molecule has 1 atom stereocenters. The molecule has 0 saturated carbocycles. The molecule has 0 saturated heterocycles. The summed E-state index contributed by atoms with van der Waals surface area (Å²) in [6, 6.07) is 9.50. The van der Waals surface area contributed by atoms with E-state index in [2.05, 4.69) is 20.6 Å². The van der Waals surface area contributed by atoms with Gasteiger partial charge in [-0.3, -0.25) is 9.59 Å². The van der Waals surface area contributed by atoms with Gasteiger partial charge in [0.15, 0.2) is 0 Å². The van der Waals surface area contributed by atoms with E-state index in [1.807, 2.05) is 0 Å². The summed E-state index contributed by atoms with van der Waals surface area (Å²) in [5.41, 5.74) is 0.697. The van der Waals surface area contributed by atoms with E-state index in [9.17, 15) is 19.5 Å². The number of hydrogen-bond donors (Lipinski definition) is 3. The average molecular weight is 494 g/mol. The van der Waals surface area contributed by atoms with Gasteiger partial charge in [0.05, 0.1) is 21.2 Å². The second-order valence-electron chi connectivity index (χ2n) is 6.51. The van der Waals surface area contributed by atoms with Crippen molar-refractivity contribution in [2.75, 3.05) is 5.32 Å². The van der Waals surface area contributed by atoms with Crippen LogP contribution in [0.25, 0.3) is 0 Å². The second kappa shape index (κ2) is 10.4. The molecule has 0 aliphatic heterocycles. The maximum Gasteiger partial charge on any atom is 0.326 e. The van der Waals surface area contributed by atoms with Crippen LogP contribution in [0.2, 0.25) is 15.2 Å². The molecule has 2 heterocycles. The average Bonchev–Trinajstić information content (AvgIpc) is 2.74. The van der Waals surface area contributed by atoms with Crippen molar-refractivity contribution in [1.29, 1.82) is 0 Å². The molecule has 1 unspecified atom stereocenters. The first-order valence-corrected chi connectivity index (χ1v) is 10.2. The number of carboxylic acid groups (broad SMARTS) is 1. The van der Waals surface area contributed by atoms with E-state index >= 15 is 0 Å². The summed E-state index contributed by atoms with van der Waals surface area (Å²) in [6.45, 7) is 0. The summed E-state index contributed by atoms with van der Waals surface area (Å²) in [5, 5.41) is 14.8. The third kappa shape index (κ3) is 5.73. The lowest BCUT2D eigenvalue weighted by Crippen LogP contribution is -2.42. The van der Waals surface area contributed by atoms with Crippen LogP contribution in [0.4, 0.5) is 5.82 Å². The van der Waals surface area contributed by atoms with E-state index in [0.717, 1.165) is 0 Å². The SMILES string of the molecule is O=C(NC(Cc1ccc(NC(=O)c2c(Cl)cccc2Cl)nc1)C(=O)O)c1cccnc1Cl. The Morgan fingerprint density at radius 3 is 2.25 bits per heavy atom. The minimum Gasteiger partial charge on any atom is -0.480 e. The van der Waals surface area contributed by atoms with Gasteiger partial charge in [0, 0.05) is 18.8 Å². The Labute approximate surface area is 197 Å². The second-order valence-corrected chi connectivity index (χ2v) is 7.69. The lowest BCUT2D eigenvalue weighted by Gasteiger charge is -2.15. The highest BCUT2D eigenvalue weighted by atomic mass is 35.5. The molecule has 11 heteroatoms. The van der Waals surface area contributed by atoms with Crippen LogP contribution < -0.4 is 10.6 Å². The molecule has 32 heavy (non-hydrogen) atoms. The van der Waals surface area contributed by atoms with Gasteiger partial charge in [-0.2, -0.15) is 0 Å². The Morgan fingerprint density at radius 2 is 1.66 bits per heavy atom. The van der Waals surface area contributed by atoms with E-state index in [-0.39, 0.29) is 38.6 Å². The standard InChI is InChI=1S/C21H15Cl3N4O4/c22-13-4-1-5-14(23)17(13)20(30)28-16-7-6-11(10-26-16)9-15(21(31)32)27-19(29)12-3-2-8-25-18(12)24/h1-8,10,15H,9H2,(H,27,29)(H,31,32)(H,26,28,30). The lowest BCUT2D eigenvalue weighted by molar-refractivity contribution is -0.139. The number of pyridine rings is 2. The molecule has 3 aromatic rings. The zero-order valence-corrected chi connectivity index (χ0v) is 18.4. The van der Waals surface area contributed by atoms with Crippen LogP contribution in [0, 0.1) is 0 Å². The summed E-state index contributed by atoms with van der Waals surface area (Å²) < 4.78 is 0. The Kier molecular flexibility index (Phi) is 7.63. The fourth-order valence-corrected chi connectivity index (χ4v) is 3.51. The quantitative estimate of drug-likeness (QED) is 0.426. The van der Waals surface area contributed by atoms with Crippen LogP contribution in [0.3, 0.4) is 0 Å². The van der Waals surface area contributed by atoms with Gasteiger partial charge < -0.3 is 15.7 Å². The number of carbonyl (C=O) groups excluding carboxylic acids is 2. The van der Waals surface area contributed by atoms with Gasteiger partial charge in [-0.05, 0) is 35.9 Å². The molecule has 1 aromatic carbocycles. The van der Waals surface area contributed by atoms with Gasteiger partial charge in [-0.1, -0.05) is 46.9 Å². The Morgan fingerprint density at radius 1 is 0.938 bits per heavy atom. The van der Waals surface area contributed by atoms with Crippen molar-refractivity contribution in [1.82, 2.24) is 15.3 Å². The summed E-state index contributed by atoms with van der Waals surface area (Å²) in [4.78, 5) is 44.3. The van der Waals surface area contributed by atoms with Crippen LogP contribution in [0.15, 0.2) is 54.9 Å². The van der Waals surface area contributed by atoms with Crippen molar-refractivity contribution in [3.63, 3.8) is 0 Å². The maximum absolute atomic E-state index is 12.4. The zero-order valence-electron chi connectivity index (χ0n) is 16.2. The molecular weight excluding hydrogens is 479 g/mol. The van der Waals surface area contributed by atoms with E-state index in [1.165, 1.54) is 42.7 Å². The molecule has 164 valence electrons. The molecule has 0 bridgehead atoms. The first-order chi connectivity index (χ1) is 15.3. The largest absolute Gasteiger partial charge is 0.480 e. The minimum absolute atomic E-state index is 0.0328. The number of rotatable bonds is 7. The van der Waals surface area contributed by atoms with Crippen molar-refractivity contribution in [2.24, 2.45) is 0 Å². The van der Waals surface area contributed by atoms with Gasteiger partial charge in [0.1, 0.15) is 17.0 Å². The van der Waals surface area contributed by atoms with Gasteiger partial charge in [-0.15, -0.1) is 0 Å². The third-order valence-corrected chi connectivity index (χ3v) is 5.23. The number of benzene rings is 1. The molecule has 8 nitrogen and oxygen atoms in total. The van der Waals surface area contributed by atoms with Gasteiger partial charge in [0.25, 0.3) is 11.8 Å². The molecule has 0 radical (unpaired) electrons. The molecule has 3 N–H and O–H groups in total. The number of hydrogen-bond acceptors (Lipinski definition) is 5. The zero-order chi connectivity index (χ0) is 23.3. The van der Waals surface area contributed by atoms with Crippen molar-refractivity contribution in [3.8, 4) is 0 Å². The maximum atomic E-state index is 12.4. The number of halogens is 3. The number of carboxylic acids is 1. The summed E-state index contributed by atoms with van der Waals surface area (Å²) in [5.74, 6) is -2.22. The highest BCUT2D eigenvalue weighted by Crippen LogP contribution is 2.25. The number of amides is 2. The first kappa shape index (κ1) is 23.5. The predicted octanol–water partition coefficient (Wildman–Crippen LogP) is 4.11. The molecule has 2 amide bonds. The van der Waals surface area contributed by atoms with Crippen LogP contribution in [0.5, 0.6) is 0 Å². The number of aromatic nitrogens is 2. The van der Waals surface area contributed by atoms with E-state index < -0.39 is 23.8 Å². The van der Waals surface area contributed by atoms with E-state index in [0.29, 0.717) is 5.56 Å². The topological polar surface area (TPSA) is 121 Å².